The third kappa shape index (κ3) is 4.07. The van der Waals surface area contributed by atoms with Crippen molar-refractivity contribution in [3.8, 4) is 0 Å². The molecular formula is C12H15ClFIN2O. The van der Waals surface area contributed by atoms with Gasteiger partial charge in [0.2, 0.25) is 0 Å². The van der Waals surface area contributed by atoms with Crippen LogP contribution in [0.1, 0.15) is 23.2 Å². The number of carbonyl (C=O) groups is 1. The highest BCUT2D eigenvalue weighted by Gasteiger charge is 2.15. The van der Waals surface area contributed by atoms with Gasteiger partial charge in [0, 0.05) is 21.7 Å². The zero-order valence-electron chi connectivity index (χ0n) is 9.71. The molecule has 0 bridgehead atoms. The van der Waals surface area contributed by atoms with E-state index in [-0.39, 0.29) is 24.1 Å². The molecule has 0 radical (unpaired) electrons. The van der Waals surface area contributed by atoms with Gasteiger partial charge in [-0.15, -0.1) is 12.4 Å². The van der Waals surface area contributed by atoms with Gasteiger partial charge >= 0.3 is 0 Å². The van der Waals surface area contributed by atoms with Gasteiger partial charge in [-0.1, -0.05) is 0 Å². The van der Waals surface area contributed by atoms with E-state index in [9.17, 15) is 9.18 Å². The lowest BCUT2D eigenvalue weighted by atomic mass is 10.2. The Labute approximate surface area is 125 Å². The Balaban J connectivity index is 0.00000162. The molecule has 1 atom stereocenters. The highest BCUT2D eigenvalue weighted by Crippen LogP contribution is 2.12. The summed E-state index contributed by atoms with van der Waals surface area (Å²) in [4.78, 5) is 11.8. The first kappa shape index (κ1) is 15.7. The first-order chi connectivity index (χ1) is 8.16. The summed E-state index contributed by atoms with van der Waals surface area (Å²) >= 11 is 1.90. The summed E-state index contributed by atoms with van der Waals surface area (Å²) in [5.74, 6) is -0.564. The molecule has 2 N–H and O–H groups in total. The summed E-state index contributed by atoms with van der Waals surface area (Å²) < 4.78 is 13.8. The molecule has 0 aromatic heterocycles. The van der Waals surface area contributed by atoms with E-state index in [1.165, 1.54) is 6.07 Å². The van der Waals surface area contributed by atoms with Crippen molar-refractivity contribution >= 4 is 40.9 Å². The number of halogens is 3. The smallest absolute Gasteiger partial charge is 0.251 e. The molecule has 0 saturated carbocycles. The van der Waals surface area contributed by atoms with Crippen LogP contribution in [0.25, 0.3) is 0 Å². The van der Waals surface area contributed by atoms with E-state index < -0.39 is 0 Å². The van der Waals surface area contributed by atoms with Crippen LogP contribution in [0.4, 0.5) is 4.39 Å². The van der Waals surface area contributed by atoms with E-state index in [0.29, 0.717) is 21.7 Å². The molecule has 1 saturated heterocycles. The van der Waals surface area contributed by atoms with E-state index in [1.807, 2.05) is 22.6 Å². The minimum atomic E-state index is -0.350. The zero-order valence-corrected chi connectivity index (χ0v) is 12.7. The molecule has 1 aromatic rings. The van der Waals surface area contributed by atoms with Gasteiger partial charge in [-0.3, -0.25) is 4.79 Å². The quantitative estimate of drug-likeness (QED) is 0.786. The molecule has 1 aliphatic heterocycles. The zero-order chi connectivity index (χ0) is 12.3. The summed E-state index contributed by atoms with van der Waals surface area (Å²) in [7, 11) is 0. The summed E-state index contributed by atoms with van der Waals surface area (Å²) in [6.07, 6.45) is 2.24. The third-order valence-corrected chi connectivity index (χ3v) is 3.73. The first-order valence-corrected chi connectivity index (χ1v) is 6.71. The van der Waals surface area contributed by atoms with Crippen LogP contribution in [-0.2, 0) is 0 Å². The summed E-state index contributed by atoms with van der Waals surface area (Å²) in [5, 5.41) is 6.11. The maximum atomic E-state index is 13.3. The molecule has 1 amide bonds. The number of rotatable bonds is 3. The first-order valence-electron chi connectivity index (χ1n) is 5.63. The fraction of sp³-hybridized carbons (Fsp3) is 0.417. The van der Waals surface area contributed by atoms with Gasteiger partial charge in [0.25, 0.3) is 5.91 Å². The van der Waals surface area contributed by atoms with Crippen molar-refractivity contribution in [1.82, 2.24) is 10.6 Å². The van der Waals surface area contributed by atoms with E-state index in [2.05, 4.69) is 10.6 Å². The molecule has 1 aliphatic rings. The van der Waals surface area contributed by atoms with E-state index in [1.54, 1.807) is 12.1 Å². The van der Waals surface area contributed by atoms with Gasteiger partial charge in [0.05, 0.1) is 0 Å². The SMILES string of the molecule is Cl.O=C(NCC1CCCN1)c1ccc(I)c(F)c1. The Morgan fingerprint density at radius 1 is 1.56 bits per heavy atom. The van der Waals surface area contributed by atoms with Crippen LogP contribution in [0.2, 0.25) is 0 Å². The molecule has 1 unspecified atom stereocenters. The lowest BCUT2D eigenvalue weighted by Gasteiger charge is -2.11. The minimum absolute atomic E-state index is 0. The monoisotopic (exact) mass is 384 g/mol. The standard InChI is InChI=1S/C12H14FIN2O.ClH/c13-10-6-8(3-4-11(10)14)12(17)16-7-9-2-1-5-15-9;/h3-4,6,9,15H,1-2,5,7H2,(H,16,17);1H. The van der Waals surface area contributed by atoms with E-state index >= 15 is 0 Å². The molecule has 0 spiro atoms. The number of benzene rings is 1. The van der Waals surface area contributed by atoms with Crippen molar-refractivity contribution in [2.75, 3.05) is 13.1 Å². The van der Waals surface area contributed by atoms with Crippen molar-refractivity contribution in [3.63, 3.8) is 0 Å². The molecule has 18 heavy (non-hydrogen) atoms. The second-order valence-corrected chi connectivity index (χ2v) is 5.29. The molecule has 1 heterocycles. The Morgan fingerprint density at radius 3 is 2.94 bits per heavy atom. The van der Waals surface area contributed by atoms with Gasteiger partial charge in [0.15, 0.2) is 0 Å². The molecule has 1 fully saturated rings. The van der Waals surface area contributed by atoms with Crippen LogP contribution in [0.3, 0.4) is 0 Å². The minimum Gasteiger partial charge on any atom is -0.350 e. The van der Waals surface area contributed by atoms with Crippen LogP contribution in [0.15, 0.2) is 18.2 Å². The maximum absolute atomic E-state index is 13.3. The molecule has 3 nitrogen and oxygen atoms in total. The van der Waals surface area contributed by atoms with Gasteiger partial charge in [-0.25, -0.2) is 4.39 Å². The maximum Gasteiger partial charge on any atom is 0.251 e. The van der Waals surface area contributed by atoms with Gasteiger partial charge in [0.1, 0.15) is 5.82 Å². The predicted octanol–water partition coefficient (Wildman–Crippen LogP) is 2.33. The number of amides is 1. The highest BCUT2D eigenvalue weighted by atomic mass is 127. The molecule has 100 valence electrons. The van der Waals surface area contributed by atoms with Crippen LogP contribution < -0.4 is 10.6 Å². The number of hydrogen-bond donors (Lipinski definition) is 2. The van der Waals surface area contributed by atoms with E-state index in [4.69, 9.17) is 0 Å². The number of nitrogens with one attached hydrogen (secondary N) is 2. The number of hydrogen-bond acceptors (Lipinski definition) is 2. The highest BCUT2D eigenvalue weighted by molar-refractivity contribution is 14.1. The fourth-order valence-electron chi connectivity index (χ4n) is 1.89. The Kier molecular flexibility index (Phi) is 6.31. The second-order valence-electron chi connectivity index (χ2n) is 4.13. The molecular weight excluding hydrogens is 370 g/mol. The lowest BCUT2D eigenvalue weighted by molar-refractivity contribution is 0.0950. The van der Waals surface area contributed by atoms with Crippen LogP contribution in [-0.4, -0.2) is 25.0 Å². The molecule has 2 rings (SSSR count). The van der Waals surface area contributed by atoms with Crippen molar-refractivity contribution in [3.05, 3.63) is 33.1 Å². The Morgan fingerprint density at radius 2 is 2.33 bits per heavy atom. The summed E-state index contributed by atoms with van der Waals surface area (Å²) in [5.41, 5.74) is 0.376. The number of carbonyl (C=O) groups excluding carboxylic acids is 1. The van der Waals surface area contributed by atoms with Gasteiger partial charge in [-0.05, 0) is 60.2 Å². The van der Waals surface area contributed by atoms with Gasteiger partial charge in [-0.2, -0.15) is 0 Å². The largest absolute Gasteiger partial charge is 0.350 e. The van der Waals surface area contributed by atoms with Gasteiger partial charge < -0.3 is 10.6 Å². The average molecular weight is 385 g/mol. The molecule has 6 heteroatoms. The van der Waals surface area contributed by atoms with Crippen LogP contribution in [0.5, 0.6) is 0 Å². The van der Waals surface area contributed by atoms with E-state index in [0.717, 1.165) is 19.4 Å². The summed E-state index contributed by atoms with van der Waals surface area (Å²) in [6.45, 7) is 1.62. The fourth-order valence-corrected chi connectivity index (χ4v) is 2.22. The second kappa shape index (κ2) is 7.25. The lowest BCUT2D eigenvalue weighted by Crippen LogP contribution is -2.37. The van der Waals surface area contributed by atoms with Crippen molar-refractivity contribution < 1.29 is 9.18 Å². The van der Waals surface area contributed by atoms with Crippen LogP contribution >= 0.6 is 35.0 Å². The third-order valence-electron chi connectivity index (χ3n) is 2.85. The topological polar surface area (TPSA) is 41.1 Å². The van der Waals surface area contributed by atoms with Crippen molar-refractivity contribution in [1.29, 1.82) is 0 Å². The van der Waals surface area contributed by atoms with Crippen LogP contribution in [0, 0.1) is 9.39 Å². The normalized spacial score (nSPS) is 18.2. The van der Waals surface area contributed by atoms with Crippen molar-refractivity contribution in [2.45, 2.75) is 18.9 Å². The van der Waals surface area contributed by atoms with Crippen molar-refractivity contribution in [2.24, 2.45) is 0 Å². The Hall–Kier alpha value is -0.400. The Bertz CT molecular complexity index is 425. The summed E-state index contributed by atoms with van der Waals surface area (Å²) in [6, 6.07) is 4.88. The average Bonchev–Trinajstić information content (AvgIpc) is 2.82. The molecule has 1 aromatic carbocycles. The predicted molar refractivity (Wildman–Crippen MR) is 79.7 cm³/mol. The molecule has 0 aliphatic carbocycles.